The molecule has 0 aliphatic rings. The van der Waals surface area contributed by atoms with Crippen LogP contribution in [0, 0.1) is 5.82 Å². The summed E-state index contributed by atoms with van der Waals surface area (Å²) in [6, 6.07) is 9.22. The van der Waals surface area contributed by atoms with Gasteiger partial charge in [0, 0.05) is 30.1 Å². The van der Waals surface area contributed by atoms with E-state index in [9.17, 15) is 9.18 Å². The molecule has 3 aromatic rings. The molecule has 0 fully saturated rings. The third-order valence-corrected chi connectivity index (χ3v) is 4.43. The summed E-state index contributed by atoms with van der Waals surface area (Å²) < 4.78 is 14.8. The van der Waals surface area contributed by atoms with Gasteiger partial charge < -0.3 is 0 Å². The van der Waals surface area contributed by atoms with E-state index in [0.29, 0.717) is 23.1 Å². The number of hydrogen-bond donors (Lipinski definition) is 0. The van der Waals surface area contributed by atoms with Crippen LogP contribution in [0.4, 0.5) is 4.39 Å². The molecule has 0 amide bonds. The topological polar surface area (TPSA) is 60.7 Å². The zero-order valence-electron chi connectivity index (χ0n) is 13.3. The average Bonchev–Trinajstić information content (AvgIpc) is 3.04. The Morgan fingerprint density at radius 2 is 1.88 bits per heavy atom. The van der Waals surface area contributed by atoms with E-state index in [1.807, 2.05) is 16.7 Å². The summed E-state index contributed by atoms with van der Waals surface area (Å²) >= 11 is 1.29. The Hall–Kier alpha value is -2.80. The maximum atomic E-state index is 13.0. The van der Waals surface area contributed by atoms with Gasteiger partial charge >= 0.3 is 0 Å². The van der Waals surface area contributed by atoms with E-state index in [4.69, 9.17) is 0 Å². The van der Waals surface area contributed by atoms with Crippen LogP contribution in [0.1, 0.15) is 10.4 Å². The number of nitrogens with zero attached hydrogens (tertiary/aromatic N) is 4. The molecule has 0 N–H and O–H groups in total. The molecule has 0 bridgehead atoms. The van der Waals surface area contributed by atoms with Gasteiger partial charge in [0.15, 0.2) is 16.8 Å². The quantitative estimate of drug-likeness (QED) is 0.368. The minimum absolute atomic E-state index is 0.0939. The van der Waals surface area contributed by atoms with Crippen molar-refractivity contribution in [3.8, 4) is 11.4 Å². The first-order valence-corrected chi connectivity index (χ1v) is 8.53. The number of carbonyl (C=O) groups excluding carboxylic acids is 1. The number of pyridine rings is 1. The van der Waals surface area contributed by atoms with Gasteiger partial charge in [0.1, 0.15) is 5.82 Å². The van der Waals surface area contributed by atoms with Crippen molar-refractivity contribution in [3.63, 3.8) is 0 Å². The highest BCUT2D eigenvalue weighted by atomic mass is 32.2. The smallest absolute Gasteiger partial charge is 0.192 e. The number of thioether (sulfide) groups is 1. The molecule has 7 heteroatoms. The summed E-state index contributed by atoms with van der Waals surface area (Å²) in [4.78, 5) is 16.2. The van der Waals surface area contributed by atoms with Gasteiger partial charge in [-0.05, 0) is 36.4 Å². The molecule has 0 aliphatic carbocycles. The molecular weight excluding hydrogens is 339 g/mol. The molecule has 0 spiro atoms. The van der Waals surface area contributed by atoms with Crippen molar-refractivity contribution in [3.05, 3.63) is 72.8 Å². The monoisotopic (exact) mass is 354 g/mol. The minimum Gasteiger partial charge on any atom is -0.298 e. The highest BCUT2D eigenvalue weighted by Crippen LogP contribution is 2.24. The van der Waals surface area contributed by atoms with Crippen LogP contribution in [0.3, 0.4) is 0 Å². The number of benzene rings is 1. The molecule has 25 heavy (non-hydrogen) atoms. The van der Waals surface area contributed by atoms with Gasteiger partial charge in [-0.2, -0.15) is 0 Å². The van der Waals surface area contributed by atoms with Crippen molar-refractivity contribution >= 4 is 17.5 Å². The summed E-state index contributed by atoms with van der Waals surface area (Å²) in [6.45, 7) is 4.29. The van der Waals surface area contributed by atoms with E-state index in [0.717, 1.165) is 5.56 Å². The van der Waals surface area contributed by atoms with Crippen LogP contribution in [0.5, 0.6) is 0 Å². The molecular formula is C18H15FN4OS. The van der Waals surface area contributed by atoms with E-state index in [2.05, 4.69) is 21.8 Å². The average molecular weight is 354 g/mol. The Labute approximate surface area is 148 Å². The molecule has 2 heterocycles. The fourth-order valence-electron chi connectivity index (χ4n) is 2.25. The Morgan fingerprint density at radius 3 is 2.56 bits per heavy atom. The summed E-state index contributed by atoms with van der Waals surface area (Å²) in [6.07, 6.45) is 5.13. The van der Waals surface area contributed by atoms with E-state index in [-0.39, 0.29) is 17.4 Å². The van der Waals surface area contributed by atoms with Crippen LogP contribution in [-0.4, -0.2) is 31.3 Å². The van der Waals surface area contributed by atoms with Gasteiger partial charge in [0.05, 0.1) is 5.75 Å². The third-order valence-electron chi connectivity index (χ3n) is 3.47. The van der Waals surface area contributed by atoms with Crippen LogP contribution in [0.2, 0.25) is 0 Å². The third kappa shape index (κ3) is 4.00. The van der Waals surface area contributed by atoms with Crippen molar-refractivity contribution < 1.29 is 9.18 Å². The first kappa shape index (κ1) is 17.0. The summed E-state index contributed by atoms with van der Waals surface area (Å²) in [5, 5.41) is 9.04. The fraction of sp³-hybridized carbons (Fsp3) is 0.111. The molecule has 126 valence electrons. The van der Waals surface area contributed by atoms with Gasteiger partial charge in [-0.3, -0.25) is 14.3 Å². The predicted molar refractivity (Wildman–Crippen MR) is 94.9 cm³/mol. The molecule has 0 radical (unpaired) electrons. The lowest BCUT2D eigenvalue weighted by atomic mass is 10.1. The molecule has 0 saturated heterocycles. The summed E-state index contributed by atoms with van der Waals surface area (Å²) in [5.41, 5.74) is 1.36. The Morgan fingerprint density at radius 1 is 1.16 bits per heavy atom. The highest BCUT2D eigenvalue weighted by molar-refractivity contribution is 7.99. The summed E-state index contributed by atoms with van der Waals surface area (Å²) in [5.74, 6) is 0.427. The van der Waals surface area contributed by atoms with Crippen LogP contribution in [-0.2, 0) is 6.54 Å². The second kappa shape index (κ2) is 7.85. The summed E-state index contributed by atoms with van der Waals surface area (Å²) in [7, 11) is 0. The van der Waals surface area contributed by atoms with E-state index in [1.54, 1.807) is 18.5 Å². The lowest BCUT2D eigenvalue weighted by Gasteiger charge is -2.07. The number of carbonyl (C=O) groups is 1. The SMILES string of the molecule is C=CCn1c(SCC(=O)c2ccc(F)cc2)nnc1-c1ccncc1. The van der Waals surface area contributed by atoms with Crippen LogP contribution < -0.4 is 0 Å². The zero-order valence-corrected chi connectivity index (χ0v) is 14.1. The van der Waals surface area contributed by atoms with Gasteiger partial charge in [0.25, 0.3) is 0 Å². The van der Waals surface area contributed by atoms with Crippen molar-refractivity contribution in [2.45, 2.75) is 11.7 Å². The first-order chi connectivity index (χ1) is 12.2. The normalized spacial score (nSPS) is 10.6. The highest BCUT2D eigenvalue weighted by Gasteiger charge is 2.15. The Bertz CT molecular complexity index is 878. The number of halogens is 1. The minimum atomic E-state index is -0.364. The Balaban J connectivity index is 1.78. The zero-order chi connectivity index (χ0) is 17.6. The Kier molecular flexibility index (Phi) is 5.35. The number of hydrogen-bond acceptors (Lipinski definition) is 5. The molecule has 5 nitrogen and oxygen atoms in total. The second-order valence-electron chi connectivity index (χ2n) is 5.16. The van der Waals surface area contributed by atoms with Gasteiger partial charge in [-0.1, -0.05) is 17.8 Å². The van der Waals surface area contributed by atoms with E-state index < -0.39 is 0 Å². The first-order valence-electron chi connectivity index (χ1n) is 7.55. The predicted octanol–water partition coefficient (Wildman–Crippen LogP) is 3.64. The lowest BCUT2D eigenvalue weighted by Crippen LogP contribution is -2.05. The van der Waals surface area contributed by atoms with Crippen LogP contribution >= 0.6 is 11.8 Å². The molecule has 3 rings (SSSR count). The standard InChI is InChI=1S/C18H15FN4OS/c1-2-11-23-17(14-7-9-20-10-8-14)21-22-18(23)25-12-16(24)13-3-5-15(19)6-4-13/h2-10H,1,11-12H2. The number of allylic oxidation sites excluding steroid dienone is 1. The number of ketones is 1. The molecule has 0 saturated carbocycles. The number of Topliss-reactive ketones (excluding diaryl/α,β-unsaturated/α-hetero) is 1. The van der Waals surface area contributed by atoms with Gasteiger partial charge in [0.2, 0.25) is 0 Å². The largest absolute Gasteiger partial charge is 0.298 e. The number of rotatable bonds is 7. The molecule has 0 atom stereocenters. The molecule has 2 aromatic heterocycles. The number of aromatic nitrogens is 4. The maximum absolute atomic E-state index is 13.0. The van der Waals surface area contributed by atoms with Crippen LogP contribution in [0.25, 0.3) is 11.4 Å². The van der Waals surface area contributed by atoms with Gasteiger partial charge in [-0.25, -0.2) is 4.39 Å². The lowest BCUT2D eigenvalue weighted by molar-refractivity contribution is 0.102. The van der Waals surface area contributed by atoms with E-state index in [1.165, 1.54) is 36.0 Å². The van der Waals surface area contributed by atoms with E-state index >= 15 is 0 Å². The maximum Gasteiger partial charge on any atom is 0.192 e. The van der Waals surface area contributed by atoms with Crippen LogP contribution in [0.15, 0.2) is 66.6 Å². The molecule has 0 unspecified atom stereocenters. The van der Waals surface area contributed by atoms with Crippen molar-refractivity contribution in [2.24, 2.45) is 0 Å². The van der Waals surface area contributed by atoms with Crippen molar-refractivity contribution in [1.29, 1.82) is 0 Å². The molecule has 0 aliphatic heterocycles. The second-order valence-corrected chi connectivity index (χ2v) is 6.10. The fourth-order valence-corrected chi connectivity index (χ4v) is 3.10. The van der Waals surface area contributed by atoms with Crippen molar-refractivity contribution in [1.82, 2.24) is 19.7 Å². The van der Waals surface area contributed by atoms with Crippen molar-refractivity contribution in [2.75, 3.05) is 5.75 Å². The molecule has 1 aromatic carbocycles. The van der Waals surface area contributed by atoms with Gasteiger partial charge in [-0.15, -0.1) is 16.8 Å².